The average molecular weight is 330 g/mol. The van der Waals surface area contributed by atoms with Crippen molar-refractivity contribution in [2.24, 2.45) is 0 Å². The Morgan fingerprint density at radius 3 is 2.38 bits per heavy atom. The Morgan fingerprint density at radius 2 is 1.86 bits per heavy atom. The first-order valence-corrected chi connectivity index (χ1v) is 7.86. The highest BCUT2D eigenvalue weighted by atomic mass is 35.5. The van der Waals surface area contributed by atoms with Crippen LogP contribution in [0.15, 0.2) is 18.2 Å². The van der Waals surface area contributed by atoms with Crippen molar-refractivity contribution in [2.75, 3.05) is 39.0 Å². The number of nitrogens with one attached hydrogen (secondary N) is 1. The predicted octanol–water partition coefficient (Wildman–Crippen LogP) is 2.96. The van der Waals surface area contributed by atoms with Crippen LogP contribution in [0.2, 0.25) is 10.0 Å². The summed E-state index contributed by atoms with van der Waals surface area (Å²) in [6.07, 6.45) is 1.95. The zero-order valence-electron chi connectivity index (χ0n) is 12.4. The highest BCUT2D eigenvalue weighted by Crippen LogP contribution is 2.31. The molecule has 1 aromatic carbocycles. The van der Waals surface area contributed by atoms with Crippen LogP contribution in [-0.2, 0) is 4.79 Å². The number of hydrogen-bond acceptors (Lipinski definition) is 3. The third kappa shape index (κ3) is 4.50. The lowest BCUT2D eigenvalue weighted by atomic mass is 10.0. The zero-order valence-corrected chi connectivity index (χ0v) is 13.9. The normalized spacial score (nSPS) is 16.8. The third-order valence-electron chi connectivity index (χ3n) is 3.76. The number of nitrogens with zero attached hydrogens (tertiary/aromatic N) is 2. The fourth-order valence-corrected chi connectivity index (χ4v) is 2.91. The van der Waals surface area contributed by atoms with E-state index in [-0.39, 0.29) is 5.91 Å². The molecule has 1 N–H and O–H groups in total. The Kier molecular flexibility index (Phi) is 5.73. The van der Waals surface area contributed by atoms with Crippen LogP contribution in [0.4, 0.5) is 5.69 Å². The Balaban J connectivity index is 1.86. The number of para-hydroxylation sites is 1. The second-order valence-corrected chi connectivity index (χ2v) is 6.39. The first kappa shape index (κ1) is 16.4. The summed E-state index contributed by atoms with van der Waals surface area (Å²) < 4.78 is 0. The van der Waals surface area contributed by atoms with Gasteiger partial charge in [-0.15, -0.1) is 0 Å². The number of likely N-dealkylation sites (tertiary alicyclic amines) is 1. The monoisotopic (exact) mass is 329 g/mol. The predicted molar refractivity (Wildman–Crippen MR) is 88.2 cm³/mol. The molecule has 4 nitrogen and oxygen atoms in total. The Labute approximate surface area is 136 Å². The molecule has 1 aromatic rings. The summed E-state index contributed by atoms with van der Waals surface area (Å²) in [5, 5.41) is 4.72. The number of halogens is 2. The number of piperidine rings is 1. The lowest BCUT2D eigenvalue weighted by molar-refractivity contribution is -0.130. The standard InChI is InChI=1S/C15H21Cl2N3O/c1-19(2)14(21)10-20-8-6-11(7-9-20)18-15-12(16)4-3-5-13(15)17/h3-5,11,18H,6-10H2,1-2H3. The van der Waals surface area contributed by atoms with Crippen molar-refractivity contribution >= 4 is 34.8 Å². The van der Waals surface area contributed by atoms with E-state index in [1.165, 1.54) is 0 Å². The van der Waals surface area contributed by atoms with Gasteiger partial charge in [-0.05, 0) is 25.0 Å². The molecule has 1 aliphatic heterocycles. The van der Waals surface area contributed by atoms with Crippen LogP contribution >= 0.6 is 23.2 Å². The number of carbonyl (C=O) groups excluding carboxylic acids is 1. The fourth-order valence-electron chi connectivity index (χ4n) is 2.41. The van der Waals surface area contributed by atoms with Gasteiger partial charge in [-0.2, -0.15) is 0 Å². The molecule has 1 heterocycles. The Bertz CT molecular complexity index is 479. The van der Waals surface area contributed by atoms with E-state index in [4.69, 9.17) is 23.2 Å². The lowest BCUT2D eigenvalue weighted by Gasteiger charge is -2.33. The van der Waals surface area contributed by atoms with E-state index in [0.717, 1.165) is 31.6 Å². The second kappa shape index (κ2) is 7.34. The van der Waals surface area contributed by atoms with Crippen LogP contribution in [0.5, 0.6) is 0 Å². The smallest absolute Gasteiger partial charge is 0.236 e. The van der Waals surface area contributed by atoms with Gasteiger partial charge < -0.3 is 10.2 Å². The number of benzene rings is 1. The molecular formula is C15H21Cl2N3O. The maximum atomic E-state index is 11.7. The molecule has 1 saturated heterocycles. The highest BCUT2D eigenvalue weighted by molar-refractivity contribution is 6.39. The SMILES string of the molecule is CN(C)C(=O)CN1CCC(Nc2c(Cl)cccc2Cl)CC1. The van der Waals surface area contributed by atoms with Crippen molar-refractivity contribution in [3.8, 4) is 0 Å². The molecular weight excluding hydrogens is 309 g/mol. The van der Waals surface area contributed by atoms with Gasteiger partial charge in [0.2, 0.25) is 5.91 Å². The largest absolute Gasteiger partial charge is 0.380 e. The maximum Gasteiger partial charge on any atom is 0.236 e. The van der Waals surface area contributed by atoms with Gasteiger partial charge in [0, 0.05) is 33.2 Å². The summed E-state index contributed by atoms with van der Waals surface area (Å²) in [5.41, 5.74) is 0.809. The van der Waals surface area contributed by atoms with Crippen LogP contribution < -0.4 is 5.32 Å². The quantitative estimate of drug-likeness (QED) is 0.922. The van der Waals surface area contributed by atoms with E-state index in [2.05, 4.69) is 10.2 Å². The van der Waals surface area contributed by atoms with Crippen molar-refractivity contribution in [1.29, 1.82) is 0 Å². The number of hydrogen-bond donors (Lipinski definition) is 1. The number of rotatable bonds is 4. The number of amides is 1. The molecule has 0 saturated carbocycles. The number of anilines is 1. The van der Waals surface area contributed by atoms with E-state index >= 15 is 0 Å². The van der Waals surface area contributed by atoms with Crippen molar-refractivity contribution in [1.82, 2.24) is 9.80 Å². The average Bonchev–Trinajstić information content (AvgIpc) is 2.44. The Morgan fingerprint density at radius 1 is 1.29 bits per heavy atom. The van der Waals surface area contributed by atoms with E-state index in [9.17, 15) is 4.79 Å². The molecule has 0 atom stereocenters. The van der Waals surface area contributed by atoms with Gasteiger partial charge in [-0.1, -0.05) is 29.3 Å². The van der Waals surface area contributed by atoms with E-state index in [1.54, 1.807) is 19.0 Å². The van der Waals surface area contributed by atoms with Crippen LogP contribution in [0.25, 0.3) is 0 Å². The minimum atomic E-state index is 0.149. The van der Waals surface area contributed by atoms with Crippen molar-refractivity contribution < 1.29 is 4.79 Å². The first-order chi connectivity index (χ1) is 9.97. The molecule has 2 rings (SSSR count). The summed E-state index contributed by atoms with van der Waals surface area (Å²) in [7, 11) is 3.58. The zero-order chi connectivity index (χ0) is 15.4. The van der Waals surface area contributed by atoms with Gasteiger partial charge in [0.05, 0.1) is 22.3 Å². The summed E-state index contributed by atoms with van der Waals surface area (Å²) in [6, 6.07) is 5.85. The molecule has 1 aliphatic rings. The highest BCUT2D eigenvalue weighted by Gasteiger charge is 2.22. The van der Waals surface area contributed by atoms with E-state index in [1.807, 2.05) is 18.2 Å². The fraction of sp³-hybridized carbons (Fsp3) is 0.533. The third-order valence-corrected chi connectivity index (χ3v) is 4.39. The summed E-state index contributed by atoms with van der Waals surface area (Å²) in [6.45, 7) is 2.30. The molecule has 1 fully saturated rings. The molecule has 0 bridgehead atoms. The summed E-state index contributed by atoms with van der Waals surface area (Å²) >= 11 is 12.3. The summed E-state index contributed by atoms with van der Waals surface area (Å²) in [5.74, 6) is 0.149. The first-order valence-electron chi connectivity index (χ1n) is 7.10. The van der Waals surface area contributed by atoms with Gasteiger partial charge in [0.15, 0.2) is 0 Å². The Hall–Kier alpha value is -0.970. The summed E-state index contributed by atoms with van der Waals surface area (Å²) in [4.78, 5) is 15.5. The minimum absolute atomic E-state index is 0.149. The second-order valence-electron chi connectivity index (χ2n) is 5.58. The lowest BCUT2D eigenvalue weighted by Crippen LogP contribution is -2.43. The molecule has 116 valence electrons. The molecule has 0 unspecified atom stereocenters. The topological polar surface area (TPSA) is 35.6 Å². The molecule has 1 amide bonds. The van der Waals surface area contributed by atoms with E-state index < -0.39 is 0 Å². The van der Waals surface area contributed by atoms with Gasteiger partial charge in [-0.25, -0.2) is 0 Å². The molecule has 0 aliphatic carbocycles. The van der Waals surface area contributed by atoms with Crippen molar-refractivity contribution in [3.05, 3.63) is 28.2 Å². The molecule has 6 heteroatoms. The van der Waals surface area contributed by atoms with E-state index in [0.29, 0.717) is 22.6 Å². The van der Waals surface area contributed by atoms with Crippen LogP contribution in [-0.4, -0.2) is 55.5 Å². The van der Waals surface area contributed by atoms with Crippen LogP contribution in [0.3, 0.4) is 0 Å². The van der Waals surface area contributed by atoms with Gasteiger partial charge in [0.1, 0.15) is 0 Å². The van der Waals surface area contributed by atoms with Crippen LogP contribution in [0.1, 0.15) is 12.8 Å². The van der Waals surface area contributed by atoms with Gasteiger partial charge >= 0.3 is 0 Å². The number of likely N-dealkylation sites (N-methyl/N-ethyl adjacent to an activating group) is 1. The molecule has 0 spiro atoms. The van der Waals surface area contributed by atoms with Crippen molar-refractivity contribution in [3.63, 3.8) is 0 Å². The van der Waals surface area contributed by atoms with Gasteiger partial charge in [0.25, 0.3) is 0 Å². The number of carbonyl (C=O) groups is 1. The maximum absolute atomic E-state index is 11.7. The molecule has 0 radical (unpaired) electrons. The molecule has 21 heavy (non-hydrogen) atoms. The molecule has 0 aromatic heterocycles. The minimum Gasteiger partial charge on any atom is -0.380 e. The van der Waals surface area contributed by atoms with Crippen LogP contribution in [0, 0.1) is 0 Å². The van der Waals surface area contributed by atoms with Gasteiger partial charge in [-0.3, -0.25) is 9.69 Å². The van der Waals surface area contributed by atoms with Crippen molar-refractivity contribution in [2.45, 2.75) is 18.9 Å².